The maximum Gasteiger partial charge on any atom is 0.225 e. The molecule has 1 aliphatic rings. The summed E-state index contributed by atoms with van der Waals surface area (Å²) in [6.07, 6.45) is 0.327. The van der Waals surface area contributed by atoms with Gasteiger partial charge in [0, 0.05) is 27.8 Å². The van der Waals surface area contributed by atoms with Crippen molar-refractivity contribution in [2.45, 2.75) is 130 Å². The molecule has 258 valence electrons. The number of amides is 3. The number of ether oxygens (including phenoxy) is 2. The van der Waals surface area contributed by atoms with Crippen LogP contribution in [-0.2, 0) is 23.9 Å². The molecule has 2 rings (SSSR count). The normalized spacial score (nSPS) is 19.7. The van der Waals surface area contributed by atoms with E-state index < -0.39 is 35.9 Å². The minimum atomic E-state index is -1.15. The third-order valence-corrected chi connectivity index (χ3v) is 8.87. The van der Waals surface area contributed by atoms with Gasteiger partial charge in [0.1, 0.15) is 0 Å². The van der Waals surface area contributed by atoms with Gasteiger partial charge in [-0.05, 0) is 45.1 Å². The second kappa shape index (κ2) is 19.2. The fraction of sp³-hybridized carbons (Fsp3) is 0.743. The predicted molar refractivity (Wildman–Crippen MR) is 177 cm³/mol. The molecule has 1 heterocycles. The predicted octanol–water partition coefficient (Wildman–Crippen LogP) is 4.33. The molecule has 8 atom stereocenters. The Bertz CT molecular complexity index is 1030. The van der Waals surface area contributed by atoms with Gasteiger partial charge in [-0.15, -0.1) is 0 Å². The number of aliphatic hydroxyl groups is 2. The van der Waals surface area contributed by atoms with Crippen LogP contribution in [0.5, 0.6) is 0 Å². The number of hydrogen-bond donors (Lipinski definition) is 3. The van der Waals surface area contributed by atoms with Crippen LogP contribution in [0.1, 0.15) is 99.2 Å². The Hall–Kier alpha value is -2.53. The Morgan fingerprint density at radius 3 is 2.20 bits per heavy atom. The summed E-state index contributed by atoms with van der Waals surface area (Å²) >= 11 is 0. The van der Waals surface area contributed by atoms with E-state index in [9.17, 15) is 24.6 Å². The number of likely N-dealkylation sites (tertiary alicyclic amines) is 1. The SMILES string of the molecule is CC.CCC(C)C(C(CC(=O)N1CCCC1C(OC)C(C)C(=O)NC(C)C(O)c1ccccc1)OC)N(C)C(=O)CC(C)(C)O. The zero-order chi connectivity index (χ0) is 34.5. The fourth-order valence-corrected chi connectivity index (χ4v) is 6.19. The number of carbonyl (C=O) groups is 3. The molecule has 1 fully saturated rings. The Morgan fingerprint density at radius 2 is 1.69 bits per heavy atom. The average molecular weight is 636 g/mol. The summed E-state index contributed by atoms with van der Waals surface area (Å²) in [5.74, 6) is -1.12. The van der Waals surface area contributed by atoms with E-state index in [-0.39, 0.29) is 48.6 Å². The second-order valence-corrected chi connectivity index (χ2v) is 12.8. The van der Waals surface area contributed by atoms with Crippen molar-refractivity contribution in [2.75, 3.05) is 27.8 Å². The highest BCUT2D eigenvalue weighted by Gasteiger charge is 2.42. The van der Waals surface area contributed by atoms with Crippen molar-refractivity contribution in [3.8, 4) is 0 Å². The van der Waals surface area contributed by atoms with Crippen molar-refractivity contribution < 1.29 is 34.1 Å². The van der Waals surface area contributed by atoms with Crippen molar-refractivity contribution >= 4 is 17.7 Å². The molecule has 1 aromatic carbocycles. The summed E-state index contributed by atoms with van der Waals surface area (Å²) in [5.41, 5.74) is -0.433. The first-order valence-corrected chi connectivity index (χ1v) is 16.5. The highest BCUT2D eigenvalue weighted by atomic mass is 16.5. The van der Waals surface area contributed by atoms with Crippen LogP contribution < -0.4 is 5.32 Å². The zero-order valence-electron chi connectivity index (χ0n) is 29.6. The first-order valence-electron chi connectivity index (χ1n) is 16.5. The second-order valence-electron chi connectivity index (χ2n) is 12.8. The molecule has 10 nitrogen and oxygen atoms in total. The number of nitrogens with zero attached hydrogens (tertiary/aromatic N) is 2. The Morgan fingerprint density at radius 1 is 1.09 bits per heavy atom. The number of hydrogen-bond acceptors (Lipinski definition) is 7. The maximum absolute atomic E-state index is 13.8. The maximum atomic E-state index is 13.8. The minimum absolute atomic E-state index is 0.0362. The summed E-state index contributed by atoms with van der Waals surface area (Å²) in [6, 6.07) is 7.99. The van der Waals surface area contributed by atoms with Crippen molar-refractivity contribution in [3.63, 3.8) is 0 Å². The standard InChI is InChI=1S/C33H55N3O7.C2H6/c1-10-21(2)29(35(7)28(38)20-33(5,6)41)26(42-8)19-27(37)36-18-14-17-25(36)31(43-9)22(3)32(40)34-23(4)30(39)24-15-12-11-13-16-24;1-2/h11-13,15-16,21-23,25-26,29-31,39,41H,10,14,17-20H2,1-9H3,(H,34,40);1-2H3. The zero-order valence-corrected chi connectivity index (χ0v) is 29.6. The van der Waals surface area contributed by atoms with E-state index in [0.717, 1.165) is 18.4 Å². The molecule has 1 saturated heterocycles. The third-order valence-electron chi connectivity index (χ3n) is 8.87. The van der Waals surface area contributed by atoms with Crippen molar-refractivity contribution in [1.82, 2.24) is 15.1 Å². The van der Waals surface area contributed by atoms with Gasteiger partial charge in [0.25, 0.3) is 0 Å². The third kappa shape index (κ3) is 11.6. The number of nitrogens with one attached hydrogen (secondary N) is 1. The van der Waals surface area contributed by atoms with E-state index in [2.05, 4.69) is 5.32 Å². The van der Waals surface area contributed by atoms with E-state index in [4.69, 9.17) is 9.47 Å². The van der Waals surface area contributed by atoms with Crippen LogP contribution in [-0.4, -0.2) is 101 Å². The van der Waals surface area contributed by atoms with Gasteiger partial charge in [-0.3, -0.25) is 14.4 Å². The van der Waals surface area contributed by atoms with E-state index >= 15 is 0 Å². The minimum Gasteiger partial charge on any atom is -0.390 e. The Balaban J connectivity index is 0.00000496. The van der Waals surface area contributed by atoms with E-state index in [0.29, 0.717) is 13.0 Å². The van der Waals surface area contributed by atoms with Gasteiger partial charge >= 0.3 is 0 Å². The fourth-order valence-electron chi connectivity index (χ4n) is 6.19. The molecule has 0 bridgehead atoms. The summed E-state index contributed by atoms with van der Waals surface area (Å²) in [5, 5.41) is 23.9. The lowest BCUT2D eigenvalue weighted by molar-refractivity contribution is -0.147. The lowest BCUT2D eigenvalue weighted by atomic mass is 9.89. The van der Waals surface area contributed by atoms with Crippen LogP contribution >= 0.6 is 0 Å². The van der Waals surface area contributed by atoms with Crippen LogP contribution in [0.15, 0.2) is 30.3 Å². The van der Waals surface area contributed by atoms with Gasteiger partial charge in [-0.25, -0.2) is 0 Å². The molecule has 1 aliphatic heterocycles. The number of carbonyl (C=O) groups excluding carboxylic acids is 3. The average Bonchev–Trinajstić information content (AvgIpc) is 3.50. The molecule has 0 saturated carbocycles. The molecule has 10 heteroatoms. The first-order chi connectivity index (χ1) is 21.2. The summed E-state index contributed by atoms with van der Waals surface area (Å²) in [4.78, 5) is 43.6. The smallest absolute Gasteiger partial charge is 0.225 e. The molecule has 0 spiro atoms. The number of rotatable bonds is 16. The van der Waals surface area contributed by atoms with Crippen LogP contribution in [0, 0.1) is 11.8 Å². The molecule has 3 amide bonds. The van der Waals surface area contributed by atoms with Gasteiger partial charge in [0.05, 0.1) is 60.8 Å². The van der Waals surface area contributed by atoms with Crippen molar-refractivity contribution in [1.29, 1.82) is 0 Å². The van der Waals surface area contributed by atoms with Gasteiger partial charge in [-0.2, -0.15) is 0 Å². The molecular formula is C35H61N3O7. The lowest BCUT2D eigenvalue weighted by Gasteiger charge is -2.40. The van der Waals surface area contributed by atoms with E-state index in [1.807, 2.05) is 58.0 Å². The number of aliphatic hydroxyl groups excluding tert-OH is 1. The van der Waals surface area contributed by atoms with Gasteiger partial charge in [0.2, 0.25) is 17.7 Å². The monoisotopic (exact) mass is 635 g/mol. The Kier molecular flexibility index (Phi) is 17.3. The topological polar surface area (TPSA) is 129 Å². The lowest BCUT2D eigenvalue weighted by Crippen LogP contribution is -2.54. The quantitative estimate of drug-likeness (QED) is 0.247. The van der Waals surface area contributed by atoms with Crippen LogP contribution in [0.25, 0.3) is 0 Å². The molecule has 0 radical (unpaired) electrons. The highest BCUT2D eigenvalue weighted by molar-refractivity contribution is 5.81. The van der Waals surface area contributed by atoms with Crippen molar-refractivity contribution in [3.05, 3.63) is 35.9 Å². The summed E-state index contributed by atoms with van der Waals surface area (Å²) < 4.78 is 11.7. The summed E-state index contributed by atoms with van der Waals surface area (Å²) in [7, 11) is 4.81. The first kappa shape index (κ1) is 40.5. The number of methoxy groups -OCH3 is 2. The van der Waals surface area contributed by atoms with Crippen LogP contribution in [0.3, 0.4) is 0 Å². The molecule has 0 aliphatic carbocycles. The molecule has 45 heavy (non-hydrogen) atoms. The number of likely N-dealkylation sites (N-methyl/N-ethyl adjacent to an activating group) is 1. The van der Waals surface area contributed by atoms with Crippen molar-refractivity contribution in [2.24, 2.45) is 11.8 Å². The van der Waals surface area contributed by atoms with E-state index in [1.165, 1.54) is 0 Å². The molecule has 1 aromatic rings. The van der Waals surface area contributed by atoms with Crippen LogP contribution in [0.4, 0.5) is 0 Å². The number of benzene rings is 1. The van der Waals surface area contributed by atoms with Gasteiger partial charge in [-0.1, -0.05) is 71.4 Å². The van der Waals surface area contributed by atoms with Crippen LogP contribution in [0.2, 0.25) is 0 Å². The Labute approximate surface area is 271 Å². The molecule has 0 aromatic heterocycles. The molecule has 3 N–H and O–H groups in total. The molecule has 8 unspecified atom stereocenters. The van der Waals surface area contributed by atoms with Gasteiger partial charge < -0.3 is 34.8 Å². The summed E-state index contributed by atoms with van der Waals surface area (Å²) in [6.45, 7) is 15.3. The highest BCUT2D eigenvalue weighted by Crippen LogP contribution is 2.30. The van der Waals surface area contributed by atoms with Gasteiger partial charge in [0.15, 0.2) is 0 Å². The largest absolute Gasteiger partial charge is 0.390 e. The van der Waals surface area contributed by atoms with E-state index in [1.54, 1.807) is 58.8 Å². The molecular weight excluding hydrogens is 574 g/mol.